The average Bonchev–Trinajstić information content (AvgIpc) is 2.89. The van der Waals surface area contributed by atoms with Gasteiger partial charge in [0.05, 0.1) is 12.5 Å². The van der Waals surface area contributed by atoms with Gasteiger partial charge in [0, 0.05) is 6.54 Å². The smallest absolute Gasteiger partial charge is 0.251 e. The van der Waals surface area contributed by atoms with E-state index in [0.29, 0.717) is 5.56 Å². The maximum absolute atomic E-state index is 13.9. The molecule has 0 heterocycles. The van der Waals surface area contributed by atoms with Crippen molar-refractivity contribution < 1.29 is 19.7 Å². The van der Waals surface area contributed by atoms with Gasteiger partial charge in [0.15, 0.2) is 5.03 Å². The summed E-state index contributed by atoms with van der Waals surface area (Å²) in [5, 5.41) is 19.3. The summed E-state index contributed by atoms with van der Waals surface area (Å²) in [5.74, 6) is -1.32. The number of amides is 2. The fraction of sp³-hybridized carbons (Fsp3) is 0.222. The first-order valence-electron chi connectivity index (χ1n) is 12.0. The number of carbonyl (C=O) groups is 2. The number of nitrogens with zero attached hydrogens (tertiary/aromatic N) is 3. The molecule has 3 aromatic carbocycles. The van der Waals surface area contributed by atoms with E-state index in [2.05, 4.69) is 4.99 Å². The van der Waals surface area contributed by atoms with Gasteiger partial charge in [0.25, 0.3) is 5.96 Å². The third-order valence-electron chi connectivity index (χ3n) is 5.88. The summed E-state index contributed by atoms with van der Waals surface area (Å²) >= 11 is 0. The molecular formula is C27H30N6O5. The highest BCUT2D eigenvalue weighted by Gasteiger charge is 2.35. The Labute approximate surface area is 219 Å². The maximum atomic E-state index is 13.9. The molecule has 198 valence electrons. The molecule has 11 heteroatoms. The number of aliphatic imine (C=N–C) groups is 1. The molecule has 3 rings (SSSR count). The van der Waals surface area contributed by atoms with Crippen LogP contribution < -0.4 is 16.9 Å². The number of nitrogens with one attached hydrogen (secondary N) is 1. The van der Waals surface area contributed by atoms with Gasteiger partial charge in [-0.3, -0.25) is 9.59 Å². The van der Waals surface area contributed by atoms with E-state index in [9.17, 15) is 24.8 Å². The lowest BCUT2D eigenvalue weighted by atomic mass is 9.93. The van der Waals surface area contributed by atoms with Gasteiger partial charge in [-0.1, -0.05) is 78.2 Å². The number of nitro groups is 1. The van der Waals surface area contributed by atoms with Gasteiger partial charge < -0.3 is 21.5 Å². The molecule has 6 N–H and O–H groups in total. The SMILES string of the molecule is NC(=O)[C@@H](CCCN=C(N)N[N+](=O)[O-])N(C(=O)Cc1ccc(O)cc1)C(c1ccccc1)c1ccccc1. The number of phenols is 1. The number of primary amides is 1. The van der Waals surface area contributed by atoms with Crippen LogP contribution in [0.15, 0.2) is 89.9 Å². The number of hydrogen-bond donors (Lipinski definition) is 4. The number of phenolic OH excluding ortho intramolecular Hbond substituents is 1. The normalized spacial score (nSPS) is 12.1. The number of aromatic hydroxyl groups is 1. The first kappa shape index (κ1) is 27.7. The summed E-state index contributed by atoms with van der Waals surface area (Å²) in [6, 6.07) is 23.3. The Morgan fingerprint density at radius 3 is 2.00 bits per heavy atom. The Morgan fingerprint density at radius 1 is 0.947 bits per heavy atom. The van der Waals surface area contributed by atoms with Gasteiger partial charge in [-0.15, -0.1) is 0 Å². The predicted molar refractivity (Wildman–Crippen MR) is 142 cm³/mol. The molecule has 0 aromatic heterocycles. The second-order valence-corrected chi connectivity index (χ2v) is 8.56. The lowest BCUT2D eigenvalue weighted by molar-refractivity contribution is -0.525. The highest BCUT2D eigenvalue weighted by molar-refractivity contribution is 5.88. The van der Waals surface area contributed by atoms with Crippen LogP contribution >= 0.6 is 0 Å². The van der Waals surface area contributed by atoms with Crippen molar-refractivity contribution in [3.05, 3.63) is 112 Å². The quantitative estimate of drug-likeness (QED) is 0.0934. The van der Waals surface area contributed by atoms with Crippen molar-refractivity contribution in [3.63, 3.8) is 0 Å². The lowest BCUT2D eigenvalue weighted by Gasteiger charge is -2.38. The Kier molecular flexibility index (Phi) is 9.75. The molecule has 3 aromatic rings. The summed E-state index contributed by atoms with van der Waals surface area (Å²) in [6.07, 6.45) is 0.410. The van der Waals surface area contributed by atoms with Crippen molar-refractivity contribution in [1.29, 1.82) is 0 Å². The number of hydrogen-bond acceptors (Lipinski definition) is 6. The molecule has 0 spiro atoms. The number of benzene rings is 3. The fourth-order valence-electron chi connectivity index (χ4n) is 4.19. The fourth-order valence-corrected chi connectivity index (χ4v) is 4.19. The Balaban J connectivity index is 1.99. The molecular weight excluding hydrogens is 488 g/mol. The van der Waals surface area contributed by atoms with Crippen LogP contribution in [-0.4, -0.2) is 45.4 Å². The summed E-state index contributed by atoms with van der Waals surface area (Å²) in [5.41, 5.74) is 15.3. The second kappa shape index (κ2) is 13.4. The van der Waals surface area contributed by atoms with Gasteiger partial charge in [0.2, 0.25) is 11.8 Å². The zero-order chi connectivity index (χ0) is 27.5. The minimum absolute atomic E-state index is 0.0297. The molecule has 0 fully saturated rings. The van der Waals surface area contributed by atoms with E-state index in [1.54, 1.807) is 17.6 Å². The van der Waals surface area contributed by atoms with Crippen molar-refractivity contribution in [2.45, 2.75) is 31.3 Å². The molecule has 0 aliphatic rings. The van der Waals surface area contributed by atoms with Crippen molar-refractivity contribution in [2.75, 3.05) is 6.54 Å². The average molecular weight is 519 g/mol. The summed E-state index contributed by atoms with van der Waals surface area (Å²) in [6.45, 7) is 0.0811. The largest absolute Gasteiger partial charge is 0.508 e. The molecule has 1 atom stereocenters. The number of rotatable bonds is 12. The Bertz CT molecular complexity index is 1210. The molecule has 0 aliphatic carbocycles. The van der Waals surface area contributed by atoms with Gasteiger partial charge in [-0.25, -0.2) is 15.1 Å². The monoisotopic (exact) mass is 518 g/mol. The zero-order valence-electron chi connectivity index (χ0n) is 20.6. The van der Waals surface area contributed by atoms with Gasteiger partial charge in [0.1, 0.15) is 11.8 Å². The molecule has 0 radical (unpaired) electrons. The minimum atomic E-state index is -1.01. The molecule has 0 saturated heterocycles. The Morgan fingerprint density at radius 2 is 1.50 bits per heavy atom. The topological polar surface area (TPSA) is 177 Å². The van der Waals surface area contributed by atoms with Crippen molar-refractivity contribution in [2.24, 2.45) is 16.5 Å². The zero-order valence-corrected chi connectivity index (χ0v) is 20.6. The van der Waals surface area contributed by atoms with E-state index in [0.717, 1.165) is 11.1 Å². The van der Waals surface area contributed by atoms with E-state index in [4.69, 9.17) is 11.5 Å². The van der Waals surface area contributed by atoms with E-state index < -0.39 is 23.0 Å². The van der Waals surface area contributed by atoms with Crippen molar-refractivity contribution >= 4 is 17.8 Å². The Hall–Kier alpha value is -4.93. The van der Waals surface area contributed by atoms with Crippen LogP contribution in [0.4, 0.5) is 0 Å². The van der Waals surface area contributed by atoms with Gasteiger partial charge in [-0.2, -0.15) is 0 Å². The van der Waals surface area contributed by atoms with Crippen LogP contribution in [0.3, 0.4) is 0 Å². The summed E-state index contributed by atoms with van der Waals surface area (Å²) in [7, 11) is 0. The van der Waals surface area contributed by atoms with Gasteiger partial charge >= 0.3 is 0 Å². The highest BCUT2D eigenvalue weighted by Crippen LogP contribution is 2.32. The molecule has 0 aliphatic heterocycles. The maximum Gasteiger partial charge on any atom is 0.251 e. The van der Waals surface area contributed by atoms with Crippen LogP contribution in [0.2, 0.25) is 0 Å². The summed E-state index contributed by atoms with van der Waals surface area (Å²) in [4.78, 5) is 42.7. The van der Waals surface area contributed by atoms with Crippen LogP contribution in [-0.2, 0) is 16.0 Å². The third-order valence-corrected chi connectivity index (χ3v) is 5.88. The molecule has 0 unspecified atom stereocenters. The number of hydrazine groups is 1. The second-order valence-electron chi connectivity index (χ2n) is 8.56. The summed E-state index contributed by atoms with van der Waals surface area (Å²) < 4.78 is 0. The standard InChI is InChI=1S/C27H30N6O5/c28-26(36)23(12-7-17-30-27(29)31-33(37)38)32(24(35)18-19-13-15-22(34)16-14-19)25(20-8-3-1-4-9-20)21-10-5-2-6-11-21/h1-6,8-11,13-16,23,25,34H,7,12,17-18H2,(H2,28,36)(H3,29,30,31)/t23-/m1/s1. The highest BCUT2D eigenvalue weighted by atomic mass is 16.7. The lowest BCUT2D eigenvalue weighted by Crippen LogP contribution is -2.50. The van der Waals surface area contributed by atoms with Crippen LogP contribution in [0.1, 0.15) is 35.6 Å². The van der Waals surface area contributed by atoms with Crippen LogP contribution in [0.25, 0.3) is 0 Å². The first-order chi connectivity index (χ1) is 18.3. The molecule has 11 nitrogen and oxygen atoms in total. The van der Waals surface area contributed by atoms with E-state index in [-0.39, 0.29) is 43.4 Å². The molecule has 0 bridgehead atoms. The van der Waals surface area contributed by atoms with E-state index in [1.165, 1.54) is 17.0 Å². The van der Waals surface area contributed by atoms with Crippen molar-refractivity contribution in [3.8, 4) is 5.75 Å². The predicted octanol–water partition coefficient (Wildman–Crippen LogP) is 2.28. The van der Waals surface area contributed by atoms with Gasteiger partial charge in [-0.05, 0) is 41.7 Å². The van der Waals surface area contributed by atoms with Crippen LogP contribution in [0, 0.1) is 10.1 Å². The van der Waals surface area contributed by atoms with Crippen LogP contribution in [0.5, 0.6) is 5.75 Å². The van der Waals surface area contributed by atoms with E-state index >= 15 is 0 Å². The van der Waals surface area contributed by atoms with Crippen molar-refractivity contribution in [1.82, 2.24) is 10.3 Å². The molecule has 38 heavy (non-hydrogen) atoms. The number of nitrogens with two attached hydrogens (primary N) is 2. The number of guanidine groups is 1. The molecule has 2 amide bonds. The first-order valence-corrected chi connectivity index (χ1v) is 12.0. The molecule has 0 saturated carbocycles. The van der Waals surface area contributed by atoms with E-state index in [1.807, 2.05) is 60.7 Å². The number of carbonyl (C=O) groups excluding carboxylic acids is 2. The minimum Gasteiger partial charge on any atom is -0.508 e. The third kappa shape index (κ3) is 7.79.